The summed E-state index contributed by atoms with van der Waals surface area (Å²) in [5.74, 6) is -0.179. The molecule has 2 atom stereocenters. The maximum atomic E-state index is 12.3. The Morgan fingerprint density at radius 3 is 2.72 bits per heavy atom. The molecule has 1 N–H and O–H groups in total. The van der Waals surface area contributed by atoms with Crippen LogP contribution in [0.25, 0.3) is 0 Å². The summed E-state index contributed by atoms with van der Waals surface area (Å²) in [6.45, 7) is 1.13. The number of carbonyl (C=O) groups is 2. The first-order valence-electron chi connectivity index (χ1n) is 6.83. The minimum absolute atomic E-state index is 0.00523. The SMILES string of the molecule is CN(CCC(=O)O)C(=O)N1CCC2CCCCC21. The van der Waals surface area contributed by atoms with E-state index in [1.807, 2.05) is 4.90 Å². The smallest absolute Gasteiger partial charge is 0.320 e. The maximum Gasteiger partial charge on any atom is 0.320 e. The fourth-order valence-electron chi connectivity index (χ4n) is 3.22. The zero-order valence-corrected chi connectivity index (χ0v) is 11.0. The van der Waals surface area contributed by atoms with Gasteiger partial charge in [0.15, 0.2) is 0 Å². The molecule has 18 heavy (non-hydrogen) atoms. The molecule has 102 valence electrons. The van der Waals surface area contributed by atoms with Crippen molar-refractivity contribution in [3.63, 3.8) is 0 Å². The van der Waals surface area contributed by atoms with Crippen molar-refractivity contribution in [2.24, 2.45) is 5.92 Å². The van der Waals surface area contributed by atoms with Crippen LogP contribution < -0.4 is 0 Å². The molecule has 2 fully saturated rings. The highest BCUT2D eigenvalue weighted by atomic mass is 16.4. The molecule has 0 spiro atoms. The minimum Gasteiger partial charge on any atom is -0.481 e. The predicted molar refractivity (Wildman–Crippen MR) is 67.3 cm³/mol. The van der Waals surface area contributed by atoms with Crippen molar-refractivity contribution in [2.45, 2.75) is 44.6 Å². The maximum absolute atomic E-state index is 12.3. The summed E-state index contributed by atoms with van der Waals surface area (Å²) in [4.78, 5) is 26.3. The molecule has 0 bridgehead atoms. The summed E-state index contributed by atoms with van der Waals surface area (Å²) >= 11 is 0. The van der Waals surface area contributed by atoms with Crippen molar-refractivity contribution in [3.8, 4) is 0 Å². The van der Waals surface area contributed by atoms with Crippen LogP contribution in [0, 0.1) is 5.92 Å². The number of amides is 2. The molecule has 2 rings (SSSR count). The molecule has 0 aromatic heterocycles. The van der Waals surface area contributed by atoms with Crippen molar-refractivity contribution in [2.75, 3.05) is 20.1 Å². The van der Waals surface area contributed by atoms with Gasteiger partial charge >= 0.3 is 12.0 Å². The lowest BCUT2D eigenvalue weighted by atomic mass is 9.85. The van der Waals surface area contributed by atoms with Crippen molar-refractivity contribution >= 4 is 12.0 Å². The lowest BCUT2D eigenvalue weighted by Gasteiger charge is -2.34. The summed E-state index contributed by atoms with van der Waals surface area (Å²) < 4.78 is 0. The van der Waals surface area contributed by atoms with E-state index in [0.717, 1.165) is 19.4 Å². The number of likely N-dealkylation sites (tertiary alicyclic amines) is 1. The third kappa shape index (κ3) is 2.76. The third-order valence-corrected chi connectivity index (χ3v) is 4.24. The number of hydrogen-bond donors (Lipinski definition) is 1. The van der Waals surface area contributed by atoms with Gasteiger partial charge in [0.05, 0.1) is 6.42 Å². The van der Waals surface area contributed by atoms with Gasteiger partial charge in [-0.1, -0.05) is 12.8 Å². The summed E-state index contributed by atoms with van der Waals surface area (Å²) in [7, 11) is 1.70. The molecule has 1 saturated carbocycles. The van der Waals surface area contributed by atoms with Crippen molar-refractivity contribution in [3.05, 3.63) is 0 Å². The monoisotopic (exact) mass is 254 g/mol. The number of carboxylic acid groups (broad SMARTS) is 1. The molecule has 1 heterocycles. The number of hydrogen-bond acceptors (Lipinski definition) is 2. The quantitative estimate of drug-likeness (QED) is 0.835. The second-order valence-corrected chi connectivity index (χ2v) is 5.44. The first-order valence-corrected chi connectivity index (χ1v) is 6.83. The van der Waals surface area contributed by atoms with E-state index in [2.05, 4.69) is 0 Å². The Morgan fingerprint density at radius 2 is 2.00 bits per heavy atom. The molecule has 2 aliphatic rings. The summed E-state index contributed by atoms with van der Waals surface area (Å²) in [5.41, 5.74) is 0. The number of nitrogens with zero attached hydrogens (tertiary/aromatic N) is 2. The molecule has 1 saturated heterocycles. The molecule has 1 aliphatic carbocycles. The van der Waals surface area contributed by atoms with Gasteiger partial charge in [-0.25, -0.2) is 4.79 Å². The van der Waals surface area contributed by atoms with Gasteiger partial charge in [-0.15, -0.1) is 0 Å². The number of urea groups is 1. The Hall–Kier alpha value is -1.26. The normalized spacial score (nSPS) is 26.8. The molecule has 0 aromatic carbocycles. The topological polar surface area (TPSA) is 60.9 Å². The van der Waals surface area contributed by atoms with Gasteiger partial charge in [0.2, 0.25) is 0 Å². The number of rotatable bonds is 3. The molecule has 5 nitrogen and oxygen atoms in total. The van der Waals surface area contributed by atoms with E-state index in [0.29, 0.717) is 18.5 Å². The molecule has 2 amide bonds. The highest BCUT2D eigenvalue weighted by molar-refractivity contribution is 5.76. The van der Waals surface area contributed by atoms with E-state index in [-0.39, 0.29) is 12.5 Å². The molecule has 0 aromatic rings. The lowest BCUT2D eigenvalue weighted by Crippen LogP contribution is -2.46. The van der Waals surface area contributed by atoms with Crippen LogP contribution in [0.4, 0.5) is 4.79 Å². The second kappa shape index (κ2) is 5.59. The van der Waals surface area contributed by atoms with Crippen LogP contribution in [-0.2, 0) is 4.79 Å². The zero-order chi connectivity index (χ0) is 13.1. The Labute approximate surface area is 108 Å². The molecule has 0 radical (unpaired) electrons. The number of carbonyl (C=O) groups excluding carboxylic acids is 1. The largest absolute Gasteiger partial charge is 0.481 e. The van der Waals surface area contributed by atoms with Crippen LogP contribution >= 0.6 is 0 Å². The molecular formula is C13H22N2O3. The Kier molecular flexibility index (Phi) is 4.09. The van der Waals surface area contributed by atoms with Gasteiger partial charge in [0, 0.05) is 26.2 Å². The molecular weight excluding hydrogens is 232 g/mol. The van der Waals surface area contributed by atoms with Gasteiger partial charge in [0.1, 0.15) is 0 Å². The number of fused-ring (bicyclic) bond motifs is 1. The van der Waals surface area contributed by atoms with E-state index in [4.69, 9.17) is 5.11 Å². The van der Waals surface area contributed by atoms with E-state index in [1.54, 1.807) is 11.9 Å². The van der Waals surface area contributed by atoms with Crippen LogP contribution in [0.15, 0.2) is 0 Å². The van der Waals surface area contributed by atoms with Crippen molar-refractivity contribution in [1.82, 2.24) is 9.80 Å². The second-order valence-electron chi connectivity index (χ2n) is 5.44. The first kappa shape index (κ1) is 13.2. The predicted octanol–water partition coefficient (Wildman–Crippen LogP) is 1.78. The highest BCUT2D eigenvalue weighted by Gasteiger charge is 2.38. The van der Waals surface area contributed by atoms with E-state index in [9.17, 15) is 9.59 Å². The van der Waals surface area contributed by atoms with Crippen LogP contribution in [0.3, 0.4) is 0 Å². The Morgan fingerprint density at radius 1 is 1.28 bits per heavy atom. The van der Waals surface area contributed by atoms with Crippen LogP contribution in [-0.4, -0.2) is 53.1 Å². The van der Waals surface area contributed by atoms with Crippen LogP contribution in [0.2, 0.25) is 0 Å². The molecule has 5 heteroatoms. The molecule has 1 aliphatic heterocycles. The minimum atomic E-state index is -0.855. The zero-order valence-electron chi connectivity index (χ0n) is 11.0. The molecule has 2 unspecified atom stereocenters. The summed E-state index contributed by atoms with van der Waals surface area (Å²) in [6.07, 6.45) is 5.99. The van der Waals surface area contributed by atoms with Crippen molar-refractivity contribution in [1.29, 1.82) is 0 Å². The summed E-state index contributed by atoms with van der Waals surface area (Å²) in [5, 5.41) is 8.65. The Balaban J connectivity index is 1.90. The first-order chi connectivity index (χ1) is 8.59. The van der Waals surface area contributed by atoms with E-state index < -0.39 is 5.97 Å². The average Bonchev–Trinajstić information content (AvgIpc) is 2.78. The van der Waals surface area contributed by atoms with Crippen LogP contribution in [0.1, 0.15) is 38.5 Å². The fourth-order valence-corrected chi connectivity index (χ4v) is 3.22. The Bertz CT molecular complexity index is 332. The number of carboxylic acids is 1. The van der Waals surface area contributed by atoms with E-state index in [1.165, 1.54) is 19.3 Å². The summed E-state index contributed by atoms with van der Waals surface area (Å²) in [6, 6.07) is 0.407. The van der Waals surface area contributed by atoms with Gasteiger partial charge in [0.25, 0.3) is 0 Å². The average molecular weight is 254 g/mol. The van der Waals surface area contributed by atoms with Crippen LogP contribution in [0.5, 0.6) is 0 Å². The number of aliphatic carboxylic acids is 1. The van der Waals surface area contributed by atoms with Gasteiger partial charge < -0.3 is 14.9 Å². The van der Waals surface area contributed by atoms with Gasteiger partial charge in [-0.2, -0.15) is 0 Å². The lowest BCUT2D eigenvalue weighted by molar-refractivity contribution is -0.137. The van der Waals surface area contributed by atoms with E-state index >= 15 is 0 Å². The standard InChI is InChI=1S/C13H22N2O3/c1-14(8-7-12(16)17)13(18)15-9-6-10-4-2-3-5-11(10)15/h10-11H,2-9H2,1H3,(H,16,17). The highest BCUT2D eigenvalue weighted by Crippen LogP contribution is 2.36. The van der Waals surface area contributed by atoms with Gasteiger partial charge in [-0.3, -0.25) is 4.79 Å². The van der Waals surface area contributed by atoms with Gasteiger partial charge in [-0.05, 0) is 25.2 Å². The third-order valence-electron chi connectivity index (χ3n) is 4.24. The fraction of sp³-hybridized carbons (Fsp3) is 0.846. The van der Waals surface area contributed by atoms with Crippen molar-refractivity contribution < 1.29 is 14.7 Å².